The summed E-state index contributed by atoms with van der Waals surface area (Å²) in [5, 5.41) is 14.6. The first kappa shape index (κ1) is 15.1. The largest absolute Gasteiger partial charge is 0.278 e. The number of carbonyl (C=O) groups excluding carboxylic acids is 1. The Hall–Kier alpha value is -2.29. The highest BCUT2D eigenvalue weighted by Crippen LogP contribution is 2.15. The minimum Gasteiger partial charge on any atom is -0.267 e. The van der Waals surface area contributed by atoms with Crippen molar-refractivity contribution in [1.82, 2.24) is 5.43 Å². The number of nitrogens with one attached hydrogen (secondary N) is 1. The molecule has 0 unspecified atom stereocenters. The van der Waals surface area contributed by atoms with Crippen LogP contribution in [0.5, 0.6) is 0 Å². The lowest BCUT2D eigenvalue weighted by Crippen LogP contribution is -2.17. The number of para-hydroxylation sites is 1. The van der Waals surface area contributed by atoms with E-state index in [2.05, 4.69) is 33.1 Å². The molecule has 7 heteroatoms. The third kappa shape index (κ3) is 4.09. The molecule has 0 saturated heterocycles. The summed E-state index contributed by atoms with van der Waals surface area (Å²) in [5.41, 5.74) is 3.08. The first-order valence-electron chi connectivity index (χ1n) is 5.90. The van der Waals surface area contributed by atoms with E-state index in [1.165, 1.54) is 12.3 Å². The van der Waals surface area contributed by atoms with Crippen LogP contribution in [0.15, 0.2) is 53.6 Å². The molecule has 1 amide bonds. The number of rotatable bonds is 4. The van der Waals surface area contributed by atoms with Crippen LogP contribution in [0.1, 0.15) is 15.9 Å². The molecular weight excluding hydrogens is 385 g/mol. The molecule has 0 spiro atoms. The second-order valence-electron chi connectivity index (χ2n) is 4.03. The number of nitro groups is 1. The number of nitrogens with zero attached hydrogens (tertiary/aromatic N) is 2. The maximum Gasteiger partial charge on any atom is 0.278 e. The topological polar surface area (TPSA) is 84.6 Å². The second-order valence-corrected chi connectivity index (χ2v) is 5.27. The molecule has 2 aromatic rings. The highest BCUT2D eigenvalue weighted by atomic mass is 127. The van der Waals surface area contributed by atoms with Gasteiger partial charge in [0.15, 0.2) is 0 Å². The number of carbonyl (C=O) groups is 1. The van der Waals surface area contributed by atoms with Crippen molar-refractivity contribution in [2.24, 2.45) is 5.10 Å². The van der Waals surface area contributed by atoms with Crippen LogP contribution in [0.4, 0.5) is 5.69 Å². The normalized spacial score (nSPS) is 10.5. The third-order valence-corrected chi connectivity index (χ3v) is 3.26. The van der Waals surface area contributed by atoms with Crippen molar-refractivity contribution in [2.45, 2.75) is 0 Å². The van der Waals surface area contributed by atoms with Crippen LogP contribution in [0.2, 0.25) is 0 Å². The zero-order valence-corrected chi connectivity index (χ0v) is 12.9. The van der Waals surface area contributed by atoms with Crippen molar-refractivity contribution in [3.8, 4) is 0 Å². The minimum atomic E-state index is -0.497. The molecule has 0 radical (unpaired) electrons. The van der Waals surface area contributed by atoms with Gasteiger partial charge >= 0.3 is 0 Å². The lowest BCUT2D eigenvalue weighted by molar-refractivity contribution is -0.385. The molecule has 0 aliphatic carbocycles. The van der Waals surface area contributed by atoms with Gasteiger partial charge in [0.2, 0.25) is 0 Å². The summed E-state index contributed by atoms with van der Waals surface area (Å²) in [4.78, 5) is 22.2. The van der Waals surface area contributed by atoms with E-state index in [1.54, 1.807) is 36.4 Å². The van der Waals surface area contributed by atoms with Crippen molar-refractivity contribution < 1.29 is 9.72 Å². The number of benzene rings is 2. The summed E-state index contributed by atoms with van der Waals surface area (Å²) in [5.74, 6) is -0.372. The van der Waals surface area contributed by atoms with E-state index in [4.69, 9.17) is 0 Å². The molecule has 0 aliphatic heterocycles. The zero-order valence-electron chi connectivity index (χ0n) is 10.7. The second kappa shape index (κ2) is 6.93. The van der Waals surface area contributed by atoms with Crippen molar-refractivity contribution in [1.29, 1.82) is 0 Å². The molecule has 0 heterocycles. The van der Waals surface area contributed by atoms with E-state index >= 15 is 0 Å². The molecule has 0 bridgehead atoms. The molecule has 0 aromatic heterocycles. The fraction of sp³-hybridized carbons (Fsp3) is 0. The minimum absolute atomic E-state index is 0.0650. The Bertz CT molecular complexity index is 716. The molecule has 106 valence electrons. The summed E-state index contributed by atoms with van der Waals surface area (Å²) in [6, 6.07) is 13.2. The Balaban J connectivity index is 2.09. The van der Waals surface area contributed by atoms with Gasteiger partial charge in [-0.05, 0) is 46.9 Å². The van der Waals surface area contributed by atoms with E-state index in [1.807, 2.05) is 6.07 Å². The number of hydrogen-bond donors (Lipinski definition) is 1. The number of amides is 1. The van der Waals surface area contributed by atoms with Crippen LogP contribution >= 0.6 is 22.6 Å². The van der Waals surface area contributed by atoms with Crippen molar-refractivity contribution in [3.05, 3.63) is 73.3 Å². The first-order chi connectivity index (χ1) is 10.1. The molecule has 6 nitrogen and oxygen atoms in total. The van der Waals surface area contributed by atoms with E-state index in [9.17, 15) is 14.9 Å². The van der Waals surface area contributed by atoms with Crippen LogP contribution in [-0.2, 0) is 0 Å². The lowest BCUT2D eigenvalue weighted by Gasteiger charge is -2.00. The summed E-state index contributed by atoms with van der Waals surface area (Å²) in [6.45, 7) is 0. The van der Waals surface area contributed by atoms with Crippen LogP contribution in [-0.4, -0.2) is 17.0 Å². The average Bonchev–Trinajstić information content (AvgIpc) is 2.47. The summed E-state index contributed by atoms with van der Waals surface area (Å²) >= 11 is 2.10. The summed E-state index contributed by atoms with van der Waals surface area (Å²) < 4.78 is 0.933. The first-order valence-corrected chi connectivity index (χ1v) is 6.98. The maximum absolute atomic E-state index is 11.8. The smallest absolute Gasteiger partial charge is 0.267 e. The van der Waals surface area contributed by atoms with Crippen LogP contribution < -0.4 is 5.43 Å². The zero-order chi connectivity index (χ0) is 15.2. The van der Waals surface area contributed by atoms with Crippen molar-refractivity contribution in [2.75, 3.05) is 0 Å². The molecule has 0 atom stereocenters. The Morgan fingerprint density at radius 2 is 2.00 bits per heavy atom. The van der Waals surface area contributed by atoms with Gasteiger partial charge < -0.3 is 0 Å². The molecule has 0 aliphatic rings. The average molecular weight is 395 g/mol. The number of halogens is 1. The van der Waals surface area contributed by atoms with Gasteiger partial charge in [-0.1, -0.05) is 18.2 Å². The standard InChI is InChI=1S/C14H10IN3O3/c15-12-6-3-5-10(8-12)14(19)17-16-9-11-4-1-2-7-13(11)18(20)21/h1-9H,(H,17,19)/b16-9+. The molecule has 0 fully saturated rings. The Labute approximate surface area is 134 Å². The van der Waals surface area contributed by atoms with Gasteiger partial charge in [0.1, 0.15) is 0 Å². The van der Waals surface area contributed by atoms with Gasteiger partial charge in [-0.25, -0.2) is 5.43 Å². The fourth-order valence-corrected chi connectivity index (χ4v) is 2.16. The molecule has 21 heavy (non-hydrogen) atoms. The number of hydrogen-bond acceptors (Lipinski definition) is 4. The number of nitro benzene ring substituents is 1. The van der Waals surface area contributed by atoms with Gasteiger partial charge in [0.05, 0.1) is 16.7 Å². The Morgan fingerprint density at radius 1 is 1.24 bits per heavy atom. The van der Waals surface area contributed by atoms with E-state index in [-0.39, 0.29) is 11.6 Å². The third-order valence-electron chi connectivity index (χ3n) is 2.59. The van der Waals surface area contributed by atoms with Gasteiger partial charge in [0, 0.05) is 15.2 Å². The van der Waals surface area contributed by atoms with Crippen molar-refractivity contribution in [3.63, 3.8) is 0 Å². The molecular formula is C14H10IN3O3. The van der Waals surface area contributed by atoms with E-state index in [0.29, 0.717) is 11.1 Å². The monoisotopic (exact) mass is 395 g/mol. The van der Waals surface area contributed by atoms with Gasteiger partial charge in [-0.2, -0.15) is 5.10 Å². The van der Waals surface area contributed by atoms with Gasteiger partial charge in [-0.15, -0.1) is 0 Å². The van der Waals surface area contributed by atoms with Crippen LogP contribution in [0.3, 0.4) is 0 Å². The van der Waals surface area contributed by atoms with Gasteiger partial charge in [0.25, 0.3) is 11.6 Å². The summed E-state index contributed by atoms with van der Waals surface area (Å²) in [6.07, 6.45) is 1.25. The molecule has 1 N–H and O–H groups in total. The predicted octanol–water partition coefficient (Wildman–Crippen LogP) is 2.96. The molecule has 0 saturated carbocycles. The van der Waals surface area contributed by atoms with Crippen molar-refractivity contribution >= 4 is 40.4 Å². The lowest BCUT2D eigenvalue weighted by atomic mass is 10.2. The predicted molar refractivity (Wildman–Crippen MR) is 87.3 cm³/mol. The van der Waals surface area contributed by atoms with Gasteiger partial charge in [-0.3, -0.25) is 14.9 Å². The van der Waals surface area contributed by atoms with E-state index < -0.39 is 4.92 Å². The van der Waals surface area contributed by atoms with Crippen LogP contribution in [0.25, 0.3) is 0 Å². The van der Waals surface area contributed by atoms with Crippen LogP contribution in [0, 0.1) is 13.7 Å². The maximum atomic E-state index is 11.8. The Kier molecular flexibility index (Phi) is 4.99. The molecule has 2 rings (SSSR count). The Morgan fingerprint density at radius 3 is 2.71 bits per heavy atom. The summed E-state index contributed by atoms with van der Waals surface area (Å²) in [7, 11) is 0. The van der Waals surface area contributed by atoms with E-state index in [0.717, 1.165) is 3.57 Å². The number of hydrazone groups is 1. The SMILES string of the molecule is O=C(N/N=C/c1ccccc1[N+](=O)[O-])c1cccc(I)c1. The quantitative estimate of drug-likeness (QED) is 0.374. The highest BCUT2D eigenvalue weighted by molar-refractivity contribution is 14.1. The fourth-order valence-electron chi connectivity index (χ4n) is 1.62. The highest BCUT2D eigenvalue weighted by Gasteiger charge is 2.10. The molecule has 2 aromatic carbocycles.